The molecule has 1 atom stereocenters. The van der Waals surface area contributed by atoms with E-state index in [1.54, 1.807) is 30.1 Å². The number of ether oxygens (including phenoxy) is 1. The van der Waals surface area contributed by atoms with E-state index in [0.29, 0.717) is 30.9 Å². The summed E-state index contributed by atoms with van der Waals surface area (Å²) >= 11 is 0. The van der Waals surface area contributed by atoms with E-state index in [1.165, 1.54) is 11.0 Å². The standard InChI is InChI=1S/C19H24FN7O3/c1-2-18(28)21-10-15-11-26(19(29)30-15)14-3-4-17(16(20)9-14)25-7-5-13(6-8-25)27-12-22-23-24-27/h3-4,9,12-13,15H,2,5-8,10-11H2,1H3,(H,21,28). The van der Waals surface area contributed by atoms with E-state index in [9.17, 15) is 14.0 Å². The van der Waals surface area contributed by atoms with Crippen LogP contribution in [-0.4, -0.2) is 64.5 Å². The molecule has 1 N–H and O–H groups in total. The Morgan fingerprint density at radius 3 is 2.80 bits per heavy atom. The average Bonchev–Trinajstić information content (AvgIpc) is 3.42. The number of halogens is 1. The van der Waals surface area contributed by atoms with E-state index in [0.717, 1.165) is 12.8 Å². The van der Waals surface area contributed by atoms with Gasteiger partial charge >= 0.3 is 6.09 Å². The lowest BCUT2D eigenvalue weighted by atomic mass is 10.0. The van der Waals surface area contributed by atoms with Crippen molar-refractivity contribution in [1.29, 1.82) is 0 Å². The Morgan fingerprint density at radius 1 is 1.33 bits per heavy atom. The molecule has 0 radical (unpaired) electrons. The molecule has 1 aromatic heterocycles. The van der Waals surface area contributed by atoms with Crippen molar-refractivity contribution in [1.82, 2.24) is 25.5 Å². The first kappa shape index (κ1) is 20.0. The van der Waals surface area contributed by atoms with Gasteiger partial charge in [-0.3, -0.25) is 9.69 Å². The van der Waals surface area contributed by atoms with Crippen LogP contribution in [0.15, 0.2) is 24.5 Å². The maximum atomic E-state index is 14.9. The predicted molar refractivity (Wildman–Crippen MR) is 106 cm³/mol. The van der Waals surface area contributed by atoms with Gasteiger partial charge in [-0.05, 0) is 41.5 Å². The Bertz CT molecular complexity index is 900. The van der Waals surface area contributed by atoms with Gasteiger partial charge in [0.15, 0.2) is 0 Å². The molecule has 2 aliphatic heterocycles. The highest BCUT2D eigenvalue weighted by Crippen LogP contribution is 2.31. The third kappa shape index (κ3) is 4.19. The second-order valence-electron chi connectivity index (χ2n) is 7.42. The number of hydrogen-bond donors (Lipinski definition) is 1. The number of piperidine rings is 1. The highest BCUT2D eigenvalue weighted by atomic mass is 19.1. The molecule has 1 unspecified atom stereocenters. The maximum absolute atomic E-state index is 14.9. The van der Waals surface area contributed by atoms with E-state index in [2.05, 4.69) is 20.8 Å². The number of tetrazole rings is 1. The van der Waals surface area contributed by atoms with Crippen LogP contribution in [0.1, 0.15) is 32.2 Å². The van der Waals surface area contributed by atoms with Gasteiger partial charge in [0.05, 0.1) is 30.5 Å². The lowest BCUT2D eigenvalue weighted by molar-refractivity contribution is -0.121. The molecule has 160 valence electrons. The van der Waals surface area contributed by atoms with E-state index in [-0.39, 0.29) is 30.9 Å². The summed E-state index contributed by atoms with van der Waals surface area (Å²) in [5, 5.41) is 14.0. The smallest absolute Gasteiger partial charge is 0.414 e. The molecule has 2 amide bonds. The number of amides is 2. The summed E-state index contributed by atoms with van der Waals surface area (Å²) in [4.78, 5) is 27.0. The summed E-state index contributed by atoms with van der Waals surface area (Å²) in [6.45, 7) is 3.63. The second-order valence-corrected chi connectivity index (χ2v) is 7.42. The molecular formula is C19H24FN7O3. The summed E-state index contributed by atoms with van der Waals surface area (Å²) in [6, 6.07) is 4.99. The first-order valence-electron chi connectivity index (χ1n) is 10.1. The Balaban J connectivity index is 1.38. The number of nitrogens with zero attached hydrogens (tertiary/aromatic N) is 6. The third-order valence-electron chi connectivity index (χ3n) is 5.51. The minimum atomic E-state index is -0.542. The second kappa shape index (κ2) is 8.64. The van der Waals surface area contributed by atoms with Crippen LogP contribution in [0.3, 0.4) is 0 Å². The minimum Gasteiger partial charge on any atom is -0.442 e. The molecule has 1 aromatic carbocycles. The Labute approximate surface area is 173 Å². The quantitative estimate of drug-likeness (QED) is 0.759. The number of rotatable bonds is 6. The number of aromatic nitrogens is 4. The monoisotopic (exact) mass is 417 g/mol. The number of hydrogen-bond acceptors (Lipinski definition) is 7. The molecule has 3 heterocycles. The van der Waals surface area contributed by atoms with Crippen molar-refractivity contribution >= 4 is 23.4 Å². The Morgan fingerprint density at radius 2 is 2.13 bits per heavy atom. The summed E-state index contributed by atoms with van der Waals surface area (Å²) in [7, 11) is 0. The van der Waals surface area contributed by atoms with Crippen molar-refractivity contribution in [2.45, 2.75) is 38.3 Å². The SMILES string of the molecule is CCC(=O)NCC1CN(c2ccc(N3CCC(n4cnnn4)CC3)c(F)c2)C(=O)O1. The number of nitrogens with one attached hydrogen (secondary N) is 1. The zero-order valence-electron chi connectivity index (χ0n) is 16.7. The number of benzene rings is 1. The highest BCUT2D eigenvalue weighted by molar-refractivity contribution is 5.90. The van der Waals surface area contributed by atoms with Crippen molar-refractivity contribution in [2.24, 2.45) is 0 Å². The van der Waals surface area contributed by atoms with Gasteiger partial charge in [-0.2, -0.15) is 0 Å². The molecule has 10 nitrogen and oxygen atoms in total. The fourth-order valence-corrected chi connectivity index (χ4v) is 3.82. The number of anilines is 2. The zero-order chi connectivity index (χ0) is 21.1. The number of carbonyl (C=O) groups is 2. The lowest BCUT2D eigenvalue weighted by Gasteiger charge is -2.33. The molecule has 4 rings (SSSR count). The van der Waals surface area contributed by atoms with Gasteiger partial charge in [0.25, 0.3) is 0 Å². The van der Waals surface area contributed by atoms with Crippen molar-refractivity contribution < 1.29 is 18.7 Å². The van der Waals surface area contributed by atoms with Crippen LogP contribution in [0.25, 0.3) is 0 Å². The predicted octanol–water partition coefficient (Wildman–Crippen LogP) is 1.51. The highest BCUT2D eigenvalue weighted by Gasteiger charge is 2.33. The Hall–Kier alpha value is -3.24. The molecule has 2 aromatic rings. The van der Waals surface area contributed by atoms with Gasteiger partial charge in [-0.15, -0.1) is 5.10 Å². The van der Waals surface area contributed by atoms with Gasteiger partial charge in [-0.25, -0.2) is 13.9 Å². The van der Waals surface area contributed by atoms with Crippen LogP contribution in [-0.2, 0) is 9.53 Å². The molecule has 0 aliphatic carbocycles. The van der Waals surface area contributed by atoms with E-state index < -0.39 is 12.2 Å². The van der Waals surface area contributed by atoms with Crippen molar-refractivity contribution in [2.75, 3.05) is 36.0 Å². The van der Waals surface area contributed by atoms with Crippen molar-refractivity contribution in [3.8, 4) is 0 Å². The zero-order valence-corrected chi connectivity index (χ0v) is 16.7. The largest absolute Gasteiger partial charge is 0.442 e. The van der Waals surface area contributed by atoms with Crippen LogP contribution in [0.2, 0.25) is 0 Å². The van der Waals surface area contributed by atoms with Crippen molar-refractivity contribution in [3.63, 3.8) is 0 Å². The van der Waals surface area contributed by atoms with Crippen LogP contribution in [0, 0.1) is 5.82 Å². The van der Waals surface area contributed by atoms with E-state index in [4.69, 9.17) is 4.74 Å². The molecule has 2 aliphatic rings. The fourth-order valence-electron chi connectivity index (χ4n) is 3.82. The molecular weight excluding hydrogens is 393 g/mol. The molecule has 0 bridgehead atoms. The topological polar surface area (TPSA) is 105 Å². The normalized spacial score (nSPS) is 19.8. The van der Waals surface area contributed by atoms with Gasteiger partial charge in [-0.1, -0.05) is 6.92 Å². The Kier molecular flexibility index (Phi) is 5.77. The lowest BCUT2D eigenvalue weighted by Crippen LogP contribution is -2.35. The number of cyclic esters (lactones) is 1. The van der Waals surface area contributed by atoms with Crippen LogP contribution in [0.5, 0.6) is 0 Å². The fraction of sp³-hybridized carbons (Fsp3) is 0.526. The van der Waals surface area contributed by atoms with Gasteiger partial charge in [0.1, 0.15) is 18.2 Å². The molecule has 0 saturated carbocycles. The van der Waals surface area contributed by atoms with Crippen LogP contribution < -0.4 is 15.1 Å². The summed E-state index contributed by atoms with van der Waals surface area (Å²) in [6.07, 6.45) is 2.60. The van der Waals surface area contributed by atoms with Gasteiger partial charge in [0.2, 0.25) is 5.91 Å². The molecule has 2 fully saturated rings. The summed E-state index contributed by atoms with van der Waals surface area (Å²) in [5.41, 5.74) is 0.947. The molecule has 0 spiro atoms. The number of carbonyl (C=O) groups excluding carboxylic acids is 2. The molecule has 30 heavy (non-hydrogen) atoms. The molecule has 2 saturated heterocycles. The van der Waals surface area contributed by atoms with Gasteiger partial charge < -0.3 is 15.0 Å². The summed E-state index contributed by atoms with van der Waals surface area (Å²) in [5.74, 6) is -0.493. The minimum absolute atomic E-state index is 0.108. The average molecular weight is 417 g/mol. The van der Waals surface area contributed by atoms with Gasteiger partial charge in [0, 0.05) is 19.5 Å². The summed E-state index contributed by atoms with van der Waals surface area (Å²) < 4.78 is 21.9. The third-order valence-corrected chi connectivity index (χ3v) is 5.51. The van der Waals surface area contributed by atoms with Crippen molar-refractivity contribution in [3.05, 3.63) is 30.3 Å². The molecule has 11 heteroatoms. The van der Waals surface area contributed by atoms with E-state index in [1.807, 2.05) is 4.90 Å². The maximum Gasteiger partial charge on any atom is 0.414 e. The first-order chi connectivity index (χ1) is 14.5. The van der Waals surface area contributed by atoms with E-state index >= 15 is 0 Å². The first-order valence-corrected chi connectivity index (χ1v) is 10.1. The van der Waals surface area contributed by atoms with Crippen LogP contribution >= 0.6 is 0 Å². The van der Waals surface area contributed by atoms with Crippen LogP contribution in [0.4, 0.5) is 20.6 Å².